The fraction of sp³-hybridized carbons (Fsp3) is 0.417. The quantitative estimate of drug-likeness (QED) is 0.590. The van der Waals surface area contributed by atoms with Crippen LogP contribution in [-0.4, -0.2) is 75.4 Å². The maximum absolute atomic E-state index is 12.9. The van der Waals surface area contributed by atoms with E-state index in [0.29, 0.717) is 32.0 Å². The van der Waals surface area contributed by atoms with E-state index in [4.69, 9.17) is 4.74 Å². The first kappa shape index (κ1) is 25.8. The molecular formula is C24H32N4O5S. The number of aryl methyl sites for hydroxylation is 2. The number of nitrogens with zero attached hydrogens (tertiary/aromatic N) is 2. The molecular weight excluding hydrogens is 456 g/mol. The van der Waals surface area contributed by atoms with E-state index < -0.39 is 16.1 Å². The van der Waals surface area contributed by atoms with Gasteiger partial charge in [-0.3, -0.25) is 14.5 Å². The number of carbonyl (C=O) groups is 2. The lowest BCUT2D eigenvalue weighted by Crippen LogP contribution is -2.43. The van der Waals surface area contributed by atoms with Crippen molar-refractivity contribution in [3.8, 4) is 0 Å². The maximum atomic E-state index is 12.9. The van der Waals surface area contributed by atoms with Gasteiger partial charge in [0.2, 0.25) is 21.8 Å². The maximum Gasteiger partial charge on any atom is 0.243 e. The number of benzene rings is 2. The van der Waals surface area contributed by atoms with Gasteiger partial charge in [-0.05, 0) is 57.1 Å². The van der Waals surface area contributed by atoms with Crippen molar-refractivity contribution in [3.05, 3.63) is 53.6 Å². The average molecular weight is 489 g/mol. The van der Waals surface area contributed by atoms with Gasteiger partial charge in [-0.2, -0.15) is 4.31 Å². The number of anilines is 2. The molecule has 34 heavy (non-hydrogen) atoms. The SMILES string of the molecule is Cc1cccc(C)c1NC(=O)CN(C)C(C)C(=O)Nc1cccc(S(=O)(=O)N2CCOCC2)c1. The van der Waals surface area contributed by atoms with Crippen LogP contribution in [0.4, 0.5) is 11.4 Å². The second-order valence-electron chi connectivity index (χ2n) is 8.44. The number of hydrogen-bond acceptors (Lipinski definition) is 6. The molecule has 0 saturated carbocycles. The summed E-state index contributed by atoms with van der Waals surface area (Å²) in [5.74, 6) is -0.568. The van der Waals surface area contributed by atoms with Gasteiger partial charge in [-0.1, -0.05) is 24.3 Å². The van der Waals surface area contributed by atoms with E-state index in [9.17, 15) is 18.0 Å². The number of nitrogens with one attached hydrogen (secondary N) is 2. The van der Waals surface area contributed by atoms with Crippen LogP contribution < -0.4 is 10.6 Å². The molecule has 10 heteroatoms. The number of morpholine rings is 1. The van der Waals surface area contributed by atoms with Crippen LogP contribution in [0.2, 0.25) is 0 Å². The van der Waals surface area contributed by atoms with Crippen molar-refractivity contribution in [3.63, 3.8) is 0 Å². The Morgan fingerprint density at radius 2 is 1.68 bits per heavy atom. The first-order chi connectivity index (χ1) is 16.1. The number of likely N-dealkylation sites (N-methyl/N-ethyl adjacent to an activating group) is 1. The second-order valence-corrected chi connectivity index (χ2v) is 10.4. The molecule has 1 saturated heterocycles. The molecule has 1 unspecified atom stereocenters. The van der Waals surface area contributed by atoms with Gasteiger partial charge in [-0.25, -0.2) is 8.42 Å². The summed E-state index contributed by atoms with van der Waals surface area (Å²) < 4.78 is 32.4. The van der Waals surface area contributed by atoms with E-state index in [1.165, 1.54) is 16.4 Å². The number of ether oxygens (including phenoxy) is 1. The molecule has 9 nitrogen and oxygen atoms in total. The number of sulfonamides is 1. The minimum absolute atomic E-state index is 0.0216. The molecule has 184 valence electrons. The van der Waals surface area contributed by atoms with Gasteiger partial charge in [0.15, 0.2) is 0 Å². The van der Waals surface area contributed by atoms with Crippen molar-refractivity contribution in [1.82, 2.24) is 9.21 Å². The fourth-order valence-electron chi connectivity index (χ4n) is 3.67. The van der Waals surface area contributed by atoms with Crippen LogP contribution in [0.15, 0.2) is 47.4 Å². The summed E-state index contributed by atoms with van der Waals surface area (Å²) in [6.45, 7) is 6.87. The number of rotatable bonds is 8. The van der Waals surface area contributed by atoms with E-state index in [0.717, 1.165) is 16.8 Å². The van der Waals surface area contributed by atoms with Crippen LogP contribution in [0.25, 0.3) is 0 Å². The summed E-state index contributed by atoms with van der Waals surface area (Å²) in [5, 5.41) is 5.67. The number of amides is 2. The first-order valence-electron chi connectivity index (χ1n) is 11.1. The molecule has 1 aliphatic rings. The molecule has 0 radical (unpaired) electrons. The van der Waals surface area contributed by atoms with Crippen LogP contribution in [-0.2, 0) is 24.3 Å². The highest BCUT2D eigenvalue weighted by Crippen LogP contribution is 2.21. The minimum atomic E-state index is -3.67. The topological polar surface area (TPSA) is 108 Å². The van der Waals surface area contributed by atoms with Crippen molar-refractivity contribution >= 4 is 33.2 Å². The van der Waals surface area contributed by atoms with Gasteiger partial charge in [0.25, 0.3) is 0 Å². The number of carbonyl (C=O) groups excluding carboxylic acids is 2. The molecule has 2 amide bonds. The smallest absolute Gasteiger partial charge is 0.243 e. The Morgan fingerprint density at radius 1 is 1.06 bits per heavy atom. The summed E-state index contributed by atoms with van der Waals surface area (Å²) in [6, 6.07) is 11.3. The molecule has 3 rings (SSSR count). The van der Waals surface area contributed by atoms with Crippen LogP contribution in [0.5, 0.6) is 0 Å². The zero-order chi connectivity index (χ0) is 24.9. The van der Waals surface area contributed by atoms with E-state index in [-0.39, 0.29) is 23.3 Å². The Morgan fingerprint density at radius 3 is 2.32 bits per heavy atom. The van der Waals surface area contributed by atoms with E-state index in [1.54, 1.807) is 31.0 Å². The van der Waals surface area contributed by atoms with Gasteiger partial charge in [-0.15, -0.1) is 0 Å². The monoisotopic (exact) mass is 488 g/mol. The molecule has 0 aliphatic carbocycles. The molecule has 1 fully saturated rings. The summed E-state index contributed by atoms with van der Waals surface area (Å²) in [5.41, 5.74) is 3.08. The van der Waals surface area contributed by atoms with Gasteiger partial charge in [0, 0.05) is 24.5 Å². The lowest BCUT2D eigenvalue weighted by atomic mass is 10.1. The van der Waals surface area contributed by atoms with Crippen molar-refractivity contribution in [2.45, 2.75) is 31.7 Å². The standard InChI is InChI=1S/C24H32N4O5S/c1-17-7-5-8-18(2)23(17)26-22(29)16-27(4)19(3)24(30)25-20-9-6-10-21(15-20)34(31,32)28-11-13-33-14-12-28/h5-10,15,19H,11-14,16H2,1-4H3,(H,25,30)(H,26,29). The molecule has 2 N–H and O–H groups in total. The Bertz CT molecular complexity index is 1130. The Kier molecular flexibility index (Phi) is 8.42. The zero-order valence-corrected chi connectivity index (χ0v) is 20.8. The third-order valence-corrected chi connectivity index (χ3v) is 7.78. The Labute approximate surface area is 201 Å². The zero-order valence-electron chi connectivity index (χ0n) is 20.0. The minimum Gasteiger partial charge on any atom is -0.379 e. The van der Waals surface area contributed by atoms with E-state index >= 15 is 0 Å². The third kappa shape index (κ3) is 6.20. The highest BCUT2D eigenvalue weighted by molar-refractivity contribution is 7.89. The summed E-state index contributed by atoms with van der Waals surface area (Å²) in [4.78, 5) is 27.1. The van der Waals surface area contributed by atoms with Crippen molar-refractivity contribution in [2.75, 3.05) is 50.5 Å². The summed E-state index contributed by atoms with van der Waals surface area (Å²) >= 11 is 0. The Balaban J connectivity index is 1.61. The summed E-state index contributed by atoms with van der Waals surface area (Å²) in [7, 11) is -1.98. The Hall–Kier alpha value is -2.79. The van der Waals surface area contributed by atoms with E-state index in [2.05, 4.69) is 10.6 Å². The van der Waals surface area contributed by atoms with Crippen LogP contribution in [0.3, 0.4) is 0 Å². The highest BCUT2D eigenvalue weighted by atomic mass is 32.2. The molecule has 0 spiro atoms. The predicted octanol–water partition coefficient (Wildman–Crippen LogP) is 2.22. The molecule has 1 heterocycles. The molecule has 2 aromatic rings. The summed E-state index contributed by atoms with van der Waals surface area (Å²) in [6.07, 6.45) is 0. The highest BCUT2D eigenvalue weighted by Gasteiger charge is 2.27. The number of hydrogen-bond donors (Lipinski definition) is 2. The molecule has 1 atom stereocenters. The normalized spacial score (nSPS) is 15.7. The molecule has 1 aliphatic heterocycles. The van der Waals surface area contributed by atoms with Crippen LogP contribution in [0, 0.1) is 13.8 Å². The first-order valence-corrected chi connectivity index (χ1v) is 12.6. The molecule has 0 aromatic heterocycles. The van der Waals surface area contributed by atoms with Gasteiger partial charge < -0.3 is 15.4 Å². The molecule has 2 aromatic carbocycles. The average Bonchev–Trinajstić information content (AvgIpc) is 2.81. The van der Waals surface area contributed by atoms with Gasteiger partial charge in [0.05, 0.1) is 30.7 Å². The van der Waals surface area contributed by atoms with Gasteiger partial charge >= 0.3 is 0 Å². The lowest BCUT2D eigenvalue weighted by molar-refractivity contribution is -0.122. The van der Waals surface area contributed by atoms with Gasteiger partial charge in [0.1, 0.15) is 0 Å². The van der Waals surface area contributed by atoms with E-state index in [1.807, 2.05) is 32.0 Å². The van der Waals surface area contributed by atoms with Crippen molar-refractivity contribution in [1.29, 1.82) is 0 Å². The third-order valence-electron chi connectivity index (χ3n) is 5.89. The fourth-order valence-corrected chi connectivity index (χ4v) is 5.13. The lowest BCUT2D eigenvalue weighted by Gasteiger charge is -2.26. The van der Waals surface area contributed by atoms with Crippen LogP contribution in [0.1, 0.15) is 18.1 Å². The second kappa shape index (κ2) is 11.1. The number of para-hydroxylation sites is 1. The van der Waals surface area contributed by atoms with Crippen molar-refractivity contribution < 1.29 is 22.7 Å². The van der Waals surface area contributed by atoms with Crippen molar-refractivity contribution in [2.24, 2.45) is 0 Å². The predicted molar refractivity (Wildman–Crippen MR) is 131 cm³/mol. The molecule has 0 bridgehead atoms. The largest absolute Gasteiger partial charge is 0.379 e. The van der Waals surface area contributed by atoms with Crippen LogP contribution >= 0.6 is 0 Å².